The Kier molecular flexibility index (Phi) is 6.42. The molecule has 0 saturated carbocycles. The van der Waals surface area contributed by atoms with Gasteiger partial charge in [-0.3, -0.25) is 14.9 Å². The van der Waals surface area contributed by atoms with Gasteiger partial charge in [-0.1, -0.05) is 34.4 Å². The third kappa shape index (κ3) is 4.31. The molecule has 9 nitrogen and oxygen atoms in total. The molecule has 4 aromatic rings. The number of non-ortho nitro benzene ring substituents is 1. The molecular formula is C25H21Cl2N5O4. The molecule has 184 valence electrons. The molecule has 0 bridgehead atoms. The Morgan fingerprint density at radius 1 is 1.00 bits per heavy atom. The summed E-state index contributed by atoms with van der Waals surface area (Å²) in [5.41, 5.74) is 2.70. The lowest BCUT2D eigenvalue weighted by Crippen LogP contribution is -2.49. The second kappa shape index (κ2) is 9.67. The van der Waals surface area contributed by atoms with E-state index in [0.717, 1.165) is 5.69 Å². The van der Waals surface area contributed by atoms with Gasteiger partial charge in [-0.25, -0.2) is 0 Å². The van der Waals surface area contributed by atoms with Gasteiger partial charge >= 0.3 is 0 Å². The molecule has 0 N–H and O–H groups in total. The van der Waals surface area contributed by atoms with E-state index in [1.54, 1.807) is 42.2 Å². The number of aryl methyl sites for hydroxylation is 1. The zero-order valence-electron chi connectivity index (χ0n) is 19.2. The number of hydrogen-bond donors (Lipinski definition) is 0. The molecule has 2 aromatic carbocycles. The van der Waals surface area contributed by atoms with E-state index < -0.39 is 4.92 Å². The molecular weight excluding hydrogens is 505 g/mol. The van der Waals surface area contributed by atoms with E-state index in [9.17, 15) is 14.9 Å². The fraction of sp³-hybridized carbons (Fsp3) is 0.200. The van der Waals surface area contributed by atoms with Crippen LogP contribution < -0.4 is 4.90 Å². The van der Waals surface area contributed by atoms with Gasteiger partial charge in [0, 0.05) is 56.3 Å². The molecule has 0 aliphatic carbocycles. The highest BCUT2D eigenvalue weighted by molar-refractivity contribution is 6.39. The van der Waals surface area contributed by atoms with Crippen molar-refractivity contribution in [2.45, 2.75) is 6.92 Å². The third-order valence-electron chi connectivity index (χ3n) is 6.24. The molecule has 1 saturated heterocycles. The summed E-state index contributed by atoms with van der Waals surface area (Å²) in [4.78, 5) is 28.4. The van der Waals surface area contributed by atoms with Crippen LogP contribution in [0.15, 0.2) is 65.4 Å². The van der Waals surface area contributed by atoms with Crippen molar-refractivity contribution in [2.75, 3.05) is 31.1 Å². The molecule has 36 heavy (non-hydrogen) atoms. The molecule has 11 heteroatoms. The van der Waals surface area contributed by atoms with E-state index in [-0.39, 0.29) is 11.6 Å². The van der Waals surface area contributed by atoms with Gasteiger partial charge in [0.1, 0.15) is 17.0 Å². The summed E-state index contributed by atoms with van der Waals surface area (Å²) in [5, 5.41) is 16.2. The van der Waals surface area contributed by atoms with Gasteiger partial charge in [-0.2, -0.15) is 0 Å². The van der Waals surface area contributed by atoms with E-state index in [1.807, 2.05) is 29.1 Å². The van der Waals surface area contributed by atoms with Crippen LogP contribution >= 0.6 is 23.2 Å². The molecule has 0 radical (unpaired) electrons. The SMILES string of the molecule is Cc1onc(-c2c(Cl)cccc2Cl)c1C(=O)N1CCN(c2ccc([N+](=O)[O-])cc2-n2cccc2)CC1. The van der Waals surface area contributed by atoms with Crippen LogP contribution in [0.4, 0.5) is 11.4 Å². The lowest BCUT2D eigenvalue weighted by atomic mass is 10.0. The number of halogens is 2. The first-order chi connectivity index (χ1) is 17.3. The van der Waals surface area contributed by atoms with Crippen molar-refractivity contribution in [3.05, 3.63) is 92.4 Å². The first kappa shape index (κ1) is 23.9. The van der Waals surface area contributed by atoms with Gasteiger partial charge in [0.2, 0.25) is 0 Å². The lowest BCUT2D eigenvalue weighted by molar-refractivity contribution is -0.384. The van der Waals surface area contributed by atoms with Gasteiger partial charge in [-0.05, 0) is 37.3 Å². The van der Waals surface area contributed by atoms with Crippen molar-refractivity contribution in [2.24, 2.45) is 0 Å². The minimum atomic E-state index is -0.405. The maximum Gasteiger partial charge on any atom is 0.271 e. The van der Waals surface area contributed by atoms with Gasteiger partial charge in [0.05, 0.1) is 26.3 Å². The number of amides is 1. The molecule has 1 fully saturated rings. The lowest BCUT2D eigenvalue weighted by Gasteiger charge is -2.37. The number of nitro benzene ring substituents is 1. The number of hydrogen-bond acceptors (Lipinski definition) is 6. The number of nitro groups is 1. The van der Waals surface area contributed by atoms with Crippen LogP contribution in [0, 0.1) is 17.0 Å². The van der Waals surface area contributed by atoms with Crippen LogP contribution in [0.2, 0.25) is 10.0 Å². The third-order valence-corrected chi connectivity index (χ3v) is 6.87. The molecule has 5 rings (SSSR count). The largest absolute Gasteiger partial charge is 0.366 e. The summed E-state index contributed by atoms with van der Waals surface area (Å²) < 4.78 is 7.21. The minimum absolute atomic E-state index is 0.0185. The van der Waals surface area contributed by atoms with E-state index in [1.165, 1.54) is 6.07 Å². The van der Waals surface area contributed by atoms with Gasteiger partial charge < -0.3 is 18.9 Å². The number of benzene rings is 2. The van der Waals surface area contributed by atoms with E-state index in [0.29, 0.717) is 64.5 Å². The zero-order valence-corrected chi connectivity index (χ0v) is 20.7. The summed E-state index contributed by atoms with van der Waals surface area (Å²) in [5.74, 6) is 0.174. The van der Waals surface area contributed by atoms with Crippen molar-refractivity contribution in [1.82, 2.24) is 14.6 Å². The van der Waals surface area contributed by atoms with Crippen molar-refractivity contribution in [3.63, 3.8) is 0 Å². The number of aromatic nitrogens is 2. The van der Waals surface area contributed by atoms with Crippen molar-refractivity contribution < 1.29 is 14.2 Å². The zero-order chi connectivity index (χ0) is 25.4. The number of piperazine rings is 1. The van der Waals surface area contributed by atoms with E-state index in [4.69, 9.17) is 27.7 Å². The standard InChI is InChI=1S/C25H21Cl2N5O4/c1-16-22(24(28-36-16)23-18(26)5-4-6-19(23)27)25(33)31-13-11-30(12-14-31)20-8-7-17(32(34)35)15-21(20)29-9-2-3-10-29/h2-10,15H,11-14H2,1H3. The van der Waals surface area contributed by atoms with Crippen LogP contribution in [-0.4, -0.2) is 51.6 Å². The van der Waals surface area contributed by atoms with Crippen molar-refractivity contribution in [3.8, 4) is 16.9 Å². The summed E-state index contributed by atoms with van der Waals surface area (Å²) in [7, 11) is 0. The average molecular weight is 526 g/mol. The highest BCUT2D eigenvalue weighted by Gasteiger charge is 2.31. The minimum Gasteiger partial charge on any atom is -0.366 e. The fourth-order valence-electron chi connectivity index (χ4n) is 4.42. The molecule has 1 aliphatic rings. The van der Waals surface area contributed by atoms with Crippen LogP contribution in [0.25, 0.3) is 16.9 Å². The maximum absolute atomic E-state index is 13.6. The highest BCUT2D eigenvalue weighted by atomic mass is 35.5. The summed E-state index contributed by atoms with van der Waals surface area (Å²) >= 11 is 12.7. The van der Waals surface area contributed by atoms with Crippen LogP contribution in [0.3, 0.4) is 0 Å². The number of nitrogens with zero attached hydrogens (tertiary/aromatic N) is 5. The van der Waals surface area contributed by atoms with Crippen LogP contribution in [0.5, 0.6) is 0 Å². The van der Waals surface area contributed by atoms with E-state index >= 15 is 0 Å². The average Bonchev–Trinajstić information content (AvgIpc) is 3.54. The normalized spacial score (nSPS) is 13.8. The predicted molar refractivity (Wildman–Crippen MR) is 137 cm³/mol. The molecule has 0 atom stereocenters. The number of rotatable bonds is 5. The number of carbonyl (C=O) groups excluding carboxylic acids is 1. The monoisotopic (exact) mass is 525 g/mol. The van der Waals surface area contributed by atoms with E-state index in [2.05, 4.69) is 10.1 Å². The number of carbonyl (C=O) groups is 1. The van der Waals surface area contributed by atoms with Crippen LogP contribution in [-0.2, 0) is 0 Å². The molecule has 1 aliphatic heterocycles. The second-order valence-corrected chi connectivity index (χ2v) is 9.17. The Labute approximate surface area is 216 Å². The Morgan fingerprint density at radius 2 is 1.67 bits per heavy atom. The van der Waals surface area contributed by atoms with Crippen molar-refractivity contribution >= 4 is 40.5 Å². The van der Waals surface area contributed by atoms with Crippen LogP contribution in [0.1, 0.15) is 16.1 Å². The van der Waals surface area contributed by atoms with Crippen molar-refractivity contribution in [1.29, 1.82) is 0 Å². The Morgan fingerprint density at radius 3 is 2.31 bits per heavy atom. The second-order valence-electron chi connectivity index (χ2n) is 8.36. The van der Waals surface area contributed by atoms with Gasteiger partial charge in [-0.15, -0.1) is 0 Å². The fourth-order valence-corrected chi connectivity index (χ4v) is 5.00. The Bertz CT molecular complexity index is 1420. The molecule has 2 aromatic heterocycles. The Balaban J connectivity index is 1.39. The maximum atomic E-state index is 13.6. The Hall–Kier alpha value is -3.82. The predicted octanol–water partition coefficient (Wildman–Crippen LogP) is 5.62. The van der Waals surface area contributed by atoms with Gasteiger partial charge in [0.25, 0.3) is 11.6 Å². The molecule has 3 heterocycles. The molecule has 1 amide bonds. The first-order valence-electron chi connectivity index (χ1n) is 11.2. The summed E-state index contributed by atoms with van der Waals surface area (Å²) in [6.45, 7) is 3.67. The smallest absolute Gasteiger partial charge is 0.271 e. The summed E-state index contributed by atoms with van der Waals surface area (Å²) in [6.07, 6.45) is 3.69. The van der Waals surface area contributed by atoms with Gasteiger partial charge in [0.15, 0.2) is 0 Å². The summed E-state index contributed by atoms with van der Waals surface area (Å²) in [6, 6.07) is 13.6. The first-order valence-corrected chi connectivity index (χ1v) is 12.0. The molecule has 0 unspecified atom stereocenters. The highest BCUT2D eigenvalue weighted by Crippen LogP contribution is 2.37. The topological polar surface area (TPSA) is 97.7 Å². The molecule has 0 spiro atoms. The quantitative estimate of drug-likeness (QED) is 0.248. The number of anilines is 1.